The molecular formula is C10H15NOS. The number of ketones is 1. The van der Waals surface area contributed by atoms with E-state index in [1.807, 2.05) is 43.4 Å². The topological polar surface area (TPSA) is 20.3 Å². The molecule has 0 saturated heterocycles. The van der Waals surface area contributed by atoms with Crippen LogP contribution in [0.15, 0.2) is 17.5 Å². The van der Waals surface area contributed by atoms with Gasteiger partial charge in [-0.1, -0.05) is 13.0 Å². The monoisotopic (exact) mass is 197 g/mol. The highest BCUT2D eigenvalue weighted by atomic mass is 32.1. The largest absolute Gasteiger partial charge is 0.309 e. The molecule has 0 N–H and O–H groups in total. The van der Waals surface area contributed by atoms with E-state index in [9.17, 15) is 4.79 Å². The van der Waals surface area contributed by atoms with E-state index in [0.717, 1.165) is 11.4 Å². The summed E-state index contributed by atoms with van der Waals surface area (Å²) < 4.78 is 0. The van der Waals surface area contributed by atoms with E-state index < -0.39 is 0 Å². The third-order valence-electron chi connectivity index (χ3n) is 1.85. The van der Waals surface area contributed by atoms with Crippen LogP contribution in [0.25, 0.3) is 0 Å². The fraction of sp³-hybridized carbons (Fsp3) is 0.500. The first-order valence-corrected chi connectivity index (χ1v) is 5.21. The van der Waals surface area contributed by atoms with Gasteiger partial charge in [0.25, 0.3) is 0 Å². The van der Waals surface area contributed by atoms with Crippen molar-refractivity contribution in [3.63, 3.8) is 0 Å². The van der Waals surface area contributed by atoms with Gasteiger partial charge >= 0.3 is 0 Å². The molecule has 0 saturated carbocycles. The van der Waals surface area contributed by atoms with Crippen molar-refractivity contribution >= 4 is 17.1 Å². The van der Waals surface area contributed by atoms with Gasteiger partial charge in [-0.05, 0) is 25.5 Å². The minimum absolute atomic E-state index is 0.0913. The third kappa shape index (κ3) is 2.94. The van der Waals surface area contributed by atoms with E-state index in [-0.39, 0.29) is 11.7 Å². The van der Waals surface area contributed by atoms with Gasteiger partial charge in [0, 0.05) is 12.5 Å². The molecule has 0 radical (unpaired) electrons. The molecule has 1 atom stereocenters. The van der Waals surface area contributed by atoms with Gasteiger partial charge in [-0.25, -0.2) is 0 Å². The minimum Gasteiger partial charge on any atom is -0.309 e. The highest BCUT2D eigenvalue weighted by Gasteiger charge is 2.16. The molecule has 13 heavy (non-hydrogen) atoms. The zero-order chi connectivity index (χ0) is 9.84. The maximum Gasteiger partial charge on any atom is 0.176 e. The molecule has 1 aromatic heterocycles. The number of hydrogen-bond acceptors (Lipinski definition) is 3. The maximum atomic E-state index is 11.7. The lowest BCUT2D eigenvalue weighted by molar-refractivity contribution is 0.0914. The number of carbonyl (C=O) groups is 1. The second-order valence-electron chi connectivity index (χ2n) is 3.50. The van der Waals surface area contributed by atoms with Gasteiger partial charge in [0.05, 0.1) is 4.88 Å². The van der Waals surface area contributed by atoms with Crippen molar-refractivity contribution in [1.29, 1.82) is 0 Å². The average Bonchev–Trinajstić information content (AvgIpc) is 2.53. The molecule has 0 aliphatic carbocycles. The van der Waals surface area contributed by atoms with E-state index >= 15 is 0 Å². The molecule has 1 unspecified atom stereocenters. The molecule has 0 aromatic carbocycles. The van der Waals surface area contributed by atoms with Gasteiger partial charge in [-0.15, -0.1) is 11.3 Å². The van der Waals surface area contributed by atoms with E-state index in [2.05, 4.69) is 0 Å². The number of Topliss-reactive ketones (excluding diaryl/α,β-unsaturated/α-hetero) is 1. The normalized spacial score (nSPS) is 13.2. The number of carbonyl (C=O) groups excluding carboxylic acids is 1. The lowest BCUT2D eigenvalue weighted by Crippen LogP contribution is -2.25. The first-order chi connectivity index (χ1) is 6.11. The summed E-state index contributed by atoms with van der Waals surface area (Å²) in [5.41, 5.74) is 0. The highest BCUT2D eigenvalue weighted by Crippen LogP contribution is 2.14. The van der Waals surface area contributed by atoms with Crippen LogP contribution in [-0.4, -0.2) is 31.3 Å². The average molecular weight is 197 g/mol. The fourth-order valence-corrected chi connectivity index (χ4v) is 2.07. The van der Waals surface area contributed by atoms with E-state index in [4.69, 9.17) is 0 Å². The van der Waals surface area contributed by atoms with Gasteiger partial charge in [-0.3, -0.25) is 4.79 Å². The smallest absolute Gasteiger partial charge is 0.176 e. The van der Waals surface area contributed by atoms with Crippen LogP contribution < -0.4 is 0 Å². The predicted octanol–water partition coefficient (Wildman–Crippen LogP) is 2.13. The molecule has 1 rings (SSSR count). The second-order valence-corrected chi connectivity index (χ2v) is 4.45. The van der Waals surface area contributed by atoms with Gasteiger partial charge in [-0.2, -0.15) is 0 Å². The van der Waals surface area contributed by atoms with Crippen molar-refractivity contribution in [3.05, 3.63) is 22.4 Å². The van der Waals surface area contributed by atoms with Gasteiger partial charge in [0.15, 0.2) is 5.78 Å². The van der Waals surface area contributed by atoms with Crippen LogP contribution in [0, 0.1) is 5.92 Å². The SMILES string of the molecule is CC(CN(C)C)C(=O)c1cccs1. The van der Waals surface area contributed by atoms with Crippen LogP contribution in [0.4, 0.5) is 0 Å². The Hall–Kier alpha value is -0.670. The Morgan fingerprint density at radius 3 is 2.77 bits per heavy atom. The third-order valence-corrected chi connectivity index (χ3v) is 2.74. The summed E-state index contributed by atoms with van der Waals surface area (Å²) in [6.07, 6.45) is 0. The molecule has 0 aliphatic heterocycles. The number of nitrogens with zero attached hydrogens (tertiary/aromatic N) is 1. The maximum absolute atomic E-state index is 11.7. The summed E-state index contributed by atoms with van der Waals surface area (Å²) in [5, 5.41) is 1.94. The first kappa shape index (κ1) is 10.4. The molecule has 1 heterocycles. The summed E-state index contributed by atoms with van der Waals surface area (Å²) >= 11 is 1.52. The Labute approximate surface area is 83.2 Å². The van der Waals surface area contributed by atoms with E-state index in [1.54, 1.807) is 0 Å². The molecule has 1 aromatic rings. The van der Waals surface area contributed by atoms with Crippen LogP contribution >= 0.6 is 11.3 Å². The number of rotatable bonds is 4. The van der Waals surface area contributed by atoms with Gasteiger partial charge in [0.2, 0.25) is 0 Å². The summed E-state index contributed by atoms with van der Waals surface area (Å²) in [7, 11) is 3.97. The van der Waals surface area contributed by atoms with Crippen molar-refractivity contribution in [2.75, 3.05) is 20.6 Å². The highest BCUT2D eigenvalue weighted by molar-refractivity contribution is 7.12. The molecule has 0 bridgehead atoms. The zero-order valence-corrected chi connectivity index (χ0v) is 9.10. The Bertz CT molecular complexity index is 266. The molecule has 0 spiro atoms. The van der Waals surface area contributed by atoms with Gasteiger partial charge < -0.3 is 4.90 Å². The molecule has 0 aliphatic rings. The molecule has 2 nitrogen and oxygen atoms in total. The van der Waals surface area contributed by atoms with Crippen molar-refractivity contribution < 1.29 is 4.79 Å². The van der Waals surface area contributed by atoms with Crippen molar-refractivity contribution in [2.45, 2.75) is 6.92 Å². The van der Waals surface area contributed by atoms with Crippen LogP contribution in [0.1, 0.15) is 16.6 Å². The summed E-state index contributed by atoms with van der Waals surface area (Å²) in [6, 6.07) is 3.80. The van der Waals surface area contributed by atoms with Crippen molar-refractivity contribution in [3.8, 4) is 0 Å². The standard InChI is InChI=1S/C10H15NOS/c1-8(7-11(2)3)10(12)9-5-4-6-13-9/h4-6,8H,7H2,1-3H3. The molecule has 0 fully saturated rings. The van der Waals surface area contributed by atoms with Crippen molar-refractivity contribution in [2.24, 2.45) is 5.92 Å². The zero-order valence-electron chi connectivity index (χ0n) is 8.28. The summed E-state index contributed by atoms with van der Waals surface area (Å²) in [5.74, 6) is 0.345. The number of thiophene rings is 1. The molecule has 3 heteroatoms. The quantitative estimate of drug-likeness (QED) is 0.689. The van der Waals surface area contributed by atoms with Crippen LogP contribution in [-0.2, 0) is 0 Å². The minimum atomic E-state index is 0.0913. The second kappa shape index (κ2) is 4.53. The van der Waals surface area contributed by atoms with E-state index in [0.29, 0.717) is 0 Å². The lowest BCUT2D eigenvalue weighted by atomic mass is 10.1. The predicted molar refractivity (Wildman–Crippen MR) is 56.4 cm³/mol. The summed E-state index contributed by atoms with van der Waals surface area (Å²) in [4.78, 5) is 14.6. The molecule has 0 amide bonds. The van der Waals surface area contributed by atoms with Crippen molar-refractivity contribution in [1.82, 2.24) is 4.90 Å². The van der Waals surface area contributed by atoms with Crippen LogP contribution in [0.5, 0.6) is 0 Å². The lowest BCUT2D eigenvalue weighted by Gasteiger charge is -2.14. The van der Waals surface area contributed by atoms with E-state index in [1.165, 1.54) is 11.3 Å². The molecular weight excluding hydrogens is 182 g/mol. The Balaban J connectivity index is 2.58. The van der Waals surface area contributed by atoms with Crippen LogP contribution in [0.3, 0.4) is 0 Å². The summed E-state index contributed by atoms with van der Waals surface area (Å²) in [6.45, 7) is 2.79. The number of hydrogen-bond donors (Lipinski definition) is 0. The Morgan fingerprint density at radius 1 is 1.62 bits per heavy atom. The fourth-order valence-electron chi connectivity index (χ4n) is 1.29. The van der Waals surface area contributed by atoms with Gasteiger partial charge in [0.1, 0.15) is 0 Å². The Morgan fingerprint density at radius 2 is 2.31 bits per heavy atom. The van der Waals surface area contributed by atoms with Crippen LogP contribution in [0.2, 0.25) is 0 Å². The molecule has 72 valence electrons. The first-order valence-electron chi connectivity index (χ1n) is 4.33. The Kier molecular flexibility index (Phi) is 3.63.